The van der Waals surface area contributed by atoms with Crippen LogP contribution < -0.4 is 4.43 Å². The van der Waals surface area contributed by atoms with Gasteiger partial charge in [0.05, 0.1) is 0 Å². The van der Waals surface area contributed by atoms with E-state index in [9.17, 15) is 4.79 Å². The topological polar surface area (TPSA) is 48.4 Å². The molecule has 1 heterocycles. The molecule has 0 unspecified atom stereocenters. The highest BCUT2D eigenvalue weighted by molar-refractivity contribution is 6.71. The Kier molecular flexibility index (Phi) is 4.34. The molecule has 0 aromatic carbocycles. The number of carbonyl (C=O) groups excluding carboxylic acids is 1. The van der Waals surface area contributed by atoms with Crippen molar-refractivity contribution in [3.63, 3.8) is 0 Å². The van der Waals surface area contributed by atoms with Gasteiger partial charge in [-0.15, -0.1) is 0 Å². The second kappa shape index (κ2) is 5.23. The first-order chi connectivity index (χ1) is 8.08. The minimum Gasteiger partial charge on any atom is -0.531 e. The zero-order chi connectivity index (χ0) is 14.0. The molecule has 0 atom stereocenters. The van der Waals surface area contributed by atoms with Crippen molar-refractivity contribution in [3.8, 4) is 5.88 Å². The third kappa shape index (κ3) is 5.01. The normalized spacial score (nSPS) is 12.1. The van der Waals surface area contributed by atoms with Crippen molar-refractivity contribution in [1.29, 1.82) is 0 Å². The van der Waals surface area contributed by atoms with E-state index in [2.05, 4.69) is 24.6 Å². The SMILES string of the molecule is C[Si](C)(C)OC(=O)c1cccnc1O[Si](C)(C)C. The lowest BCUT2D eigenvalue weighted by molar-refractivity contribution is 0.0722. The molecular weight excluding hydrogens is 262 g/mol. The molecule has 0 bridgehead atoms. The Morgan fingerprint density at radius 1 is 1.11 bits per heavy atom. The van der Waals surface area contributed by atoms with Crippen LogP contribution in [0.5, 0.6) is 5.88 Å². The third-order valence-corrected chi connectivity index (χ3v) is 3.40. The Bertz CT molecular complexity index is 436. The summed E-state index contributed by atoms with van der Waals surface area (Å²) < 4.78 is 11.3. The van der Waals surface area contributed by atoms with E-state index in [0.29, 0.717) is 11.4 Å². The molecule has 0 saturated heterocycles. The summed E-state index contributed by atoms with van der Waals surface area (Å²) in [6, 6.07) is 3.42. The van der Waals surface area contributed by atoms with Crippen LogP contribution in [0.1, 0.15) is 10.4 Å². The van der Waals surface area contributed by atoms with Crippen LogP contribution in [0.2, 0.25) is 39.3 Å². The third-order valence-electron chi connectivity index (χ3n) is 1.79. The Labute approximate surface area is 111 Å². The number of nitrogens with zero attached hydrogens (tertiary/aromatic N) is 1. The molecule has 0 N–H and O–H groups in total. The standard InChI is InChI=1S/C12H21NO3Si2/c1-17(2,3)15-11-10(8-7-9-13-11)12(14)16-18(4,5)6/h7-9H,1-6H3. The van der Waals surface area contributed by atoms with E-state index in [1.165, 1.54) is 0 Å². The highest BCUT2D eigenvalue weighted by Crippen LogP contribution is 2.21. The van der Waals surface area contributed by atoms with E-state index in [1.807, 2.05) is 19.6 Å². The number of hydrogen-bond acceptors (Lipinski definition) is 4. The van der Waals surface area contributed by atoms with Gasteiger partial charge in [0, 0.05) is 6.20 Å². The lowest BCUT2D eigenvalue weighted by Gasteiger charge is -2.22. The van der Waals surface area contributed by atoms with Crippen LogP contribution >= 0.6 is 0 Å². The molecule has 100 valence electrons. The number of rotatable bonds is 4. The highest BCUT2D eigenvalue weighted by atomic mass is 28.4. The predicted octanol–water partition coefficient (Wildman–Crippen LogP) is 3.29. The smallest absolute Gasteiger partial charge is 0.330 e. The van der Waals surface area contributed by atoms with Gasteiger partial charge in [0.1, 0.15) is 5.56 Å². The minimum absolute atomic E-state index is 0.337. The van der Waals surface area contributed by atoms with Crippen molar-refractivity contribution >= 4 is 22.6 Å². The van der Waals surface area contributed by atoms with Crippen molar-refractivity contribution in [3.05, 3.63) is 23.9 Å². The Balaban J connectivity index is 2.99. The second-order valence-electron chi connectivity index (χ2n) is 6.07. The van der Waals surface area contributed by atoms with E-state index < -0.39 is 16.6 Å². The maximum absolute atomic E-state index is 12.1. The summed E-state index contributed by atoms with van der Waals surface area (Å²) in [5, 5.41) is 0. The number of aromatic nitrogens is 1. The molecule has 6 heteroatoms. The van der Waals surface area contributed by atoms with Crippen molar-refractivity contribution in [2.45, 2.75) is 39.3 Å². The van der Waals surface area contributed by atoms with Gasteiger partial charge in [0.2, 0.25) is 22.5 Å². The van der Waals surface area contributed by atoms with E-state index in [0.717, 1.165) is 0 Å². The lowest BCUT2D eigenvalue weighted by Crippen LogP contribution is -2.32. The average Bonchev–Trinajstić information content (AvgIpc) is 2.12. The molecule has 0 spiro atoms. The average molecular weight is 283 g/mol. The van der Waals surface area contributed by atoms with Gasteiger partial charge in [-0.2, -0.15) is 0 Å². The largest absolute Gasteiger partial charge is 0.531 e. The molecule has 18 heavy (non-hydrogen) atoms. The van der Waals surface area contributed by atoms with Gasteiger partial charge in [0.15, 0.2) is 0 Å². The van der Waals surface area contributed by atoms with Crippen molar-refractivity contribution < 1.29 is 13.6 Å². The fourth-order valence-corrected chi connectivity index (χ4v) is 2.66. The second-order valence-corrected chi connectivity index (χ2v) is 14.9. The summed E-state index contributed by atoms with van der Waals surface area (Å²) in [7, 11) is -3.70. The molecule has 0 saturated carbocycles. The molecule has 0 aliphatic rings. The van der Waals surface area contributed by atoms with Crippen LogP contribution in [-0.4, -0.2) is 27.6 Å². The highest BCUT2D eigenvalue weighted by Gasteiger charge is 2.26. The van der Waals surface area contributed by atoms with Gasteiger partial charge < -0.3 is 8.85 Å². The lowest BCUT2D eigenvalue weighted by atomic mass is 10.3. The van der Waals surface area contributed by atoms with E-state index in [4.69, 9.17) is 8.85 Å². The number of hydrogen-bond donors (Lipinski definition) is 0. The fourth-order valence-electron chi connectivity index (χ4n) is 1.25. The van der Waals surface area contributed by atoms with E-state index in [1.54, 1.807) is 18.3 Å². The van der Waals surface area contributed by atoms with Crippen LogP contribution in [0.25, 0.3) is 0 Å². The number of carbonyl (C=O) groups is 1. The van der Waals surface area contributed by atoms with Crippen molar-refractivity contribution in [1.82, 2.24) is 4.98 Å². The summed E-state index contributed by atoms with van der Waals surface area (Å²) in [4.78, 5) is 16.2. The molecular formula is C12H21NO3Si2. The summed E-state index contributed by atoms with van der Waals surface area (Å²) >= 11 is 0. The summed E-state index contributed by atoms with van der Waals surface area (Å²) in [5.41, 5.74) is 0.419. The Hall–Kier alpha value is -1.15. The first-order valence-corrected chi connectivity index (χ1v) is 12.8. The maximum Gasteiger partial charge on any atom is 0.330 e. The van der Waals surface area contributed by atoms with Gasteiger partial charge in [-0.05, 0) is 51.4 Å². The van der Waals surface area contributed by atoms with Crippen LogP contribution in [0.4, 0.5) is 0 Å². The zero-order valence-electron chi connectivity index (χ0n) is 11.9. The van der Waals surface area contributed by atoms with E-state index >= 15 is 0 Å². The molecule has 1 rings (SSSR count). The van der Waals surface area contributed by atoms with Crippen LogP contribution in [-0.2, 0) is 4.43 Å². The fraction of sp³-hybridized carbons (Fsp3) is 0.500. The molecule has 1 aromatic heterocycles. The van der Waals surface area contributed by atoms with Gasteiger partial charge in [-0.1, -0.05) is 0 Å². The minimum atomic E-state index is -1.91. The molecule has 0 amide bonds. The maximum atomic E-state index is 12.1. The summed E-state index contributed by atoms with van der Waals surface area (Å²) in [6.07, 6.45) is 1.63. The monoisotopic (exact) mass is 283 g/mol. The van der Waals surface area contributed by atoms with Gasteiger partial charge in [-0.25, -0.2) is 9.78 Å². The molecule has 0 fully saturated rings. The predicted molar refractivity (Wildman–Crippen MR) is 77.0 cm³/mol. The molecule has 4 nitrogen and oxygen atoms in total. The first kappa shape index (κ1) is 14.9. The zero-order valence-corrected chi connectivity index (χ0v) is 13.9. The van der Waals surface area contributed by atoms with Crippen LogP contribution in [0, 0.1) is 0 Å². The summed E-state index contributed by atoms with van der Waals surface area (Å²) in [6.45, 7) is 12.1. The van der Waals surface area contributed by atoms with E-state index in [-0.39, 0.29) is 5.97 Å². The quantitative estimate of drug-likeness (QED) is 0.796. The van der Waals surface area contributed by atoms with Crippen LogP contribution in [0.3, 0.4) is 0 Å². The molecule has 0 aliphatic heterocycles. The summed E-state index contributed by atoms with van der Waals surface area (Å²) in [5.74, 6) is 0.0513. The van der Waals surface area contributed by atoms with Gasteiger partial charge in [0.25, 0.3) is 0 Å². The van der Waals surface area contributed by atoms with Gasteiger partial charge >= 0.3 is 5.97 Å². The van der Waals surface area contributed by atoms with Crippen molar-refractivity contribution in [2.24, 2.45) is 0 Å². The number of pyridine rings is 1. The Morgan fingerprint density at radius 3 is 2.22 bits per heavy atom. The molecule has 0 radical (unpaired) electrons. The van der Waals surface area contributed by atoms with Gasteiger partial charge in [-0.3, -0.25) is 0 Å². The molecule has 1 aromatic rings. The molecule has 0 aliphatic carbocycles. The first-order valence-electron chi connectivity index (χ1n) is 5.96. The Morgan fingerprint density at radius 2 is 1.72 bits per heavy atom. The van der Waals surface area contributed by atoms with Crippen LogP contribution in [0.15, 0.2) is 18.3 Å². The van der Waals surface area contributed by atoms with Crippen molar-refractivity contribution in [2.75, 3.05) is 0 Å².